The van der Waals surface area contributed by atoms with Gasteiger partial charge in [-0.1, -0.05) is 103 Å². The molecule has 5 nitrogen and oxygen atoms in total. The van der Waals surface area contributed by atoms with Crippen LogP contribution in [0, 0.1) is 22.7 Å². The molecule has 0 bridgehead atoms. The fourth-order valence-corrected chi connectivity index (χ4v) is 8.70. The minimum Gasteiger partial charge on any atom is -0.309 e. The maximum absolute atomic E-state index is 11.1. The Kier molecular flexibility index (Phi) is 6.02. The highest BCUT2D eigenvalue weighted by molar-refractivity contribution is 6.22. The second-order valence-corrected chi connectivity index (χ2v) is 13.6. The van der Waals surface area contributed by atoms with Gasteiger partial charge in [0.1, 0.15) is 11.6 Å². The zero-order valence-corrected chi connectivity index (χ0v) is 28.3. The van der Waals surface area contributed by atoms with E-state index in [2.05, 4.69) is 153 Å². The molecule has 0 saturated heterocycles. The Bertz CT molecular complexity index is 3320. The molecular weight excluding hydrogens is 647 g/mol. The van der Waals surface area contributed by atoms with Crippen molar-refractivity contribution in [2.24, 2.45) is 0 Å². The average Bonchev–Trinajstić information content (AvgIpc) is 3.86. The number of nitrogens with zero attached hydrogens (tertiary/aromatic N) is 5. The maximum Gasteiger partial charge on any atom is 0.104 e. The standard InChI is InChI=1S/C48H27N5/c49-28-30-25-46(52-42-19-9-5-15-36(42)37-16-6-10-20-43(37)52)39(29-50)47(26-30)53-44-24-22-32(27-38(44)48-33-12-2-1-11-31(33)21-23-45(48)53)51-40-17-7-3-13-34(40)35-14-4-8-18-41(35)51/h1-27H. The predicted octanol–water partition coefficient (Wildman–Crippen LogP) is 11.9. The number of fused-ring (bicyclic) bond motifs is 11. The van der Waals surface area contributed by atoms with E-state index < -0.39 is 0 Å². The van der Waals surface area contributed by atoms with Crippen molar-refractivity contribution in [1.82, 2.24) is 13.7 Å². The van der Waals surface area contributed by atoms with Crippen LogP contribution in [0.4, 0.5) is 0 Å². The van der Waals surface area contributed by atoms with Crippen LogP contribution in [-0.2, 0) is 0 Å². The van der Waals surface area contributed by atoms with Crippen LogP contribution in [0.2, 0.25) is 0 Å². The van der Waals surface area contributed by atoms with Crippen LogP contribution in [-0.4, -0.2) is 13.7 Å². The fourth-order valence-electron chi connectivity index (χ4n) is 8.70. The van der Waals surface area contributed by atoms with Gasteiger partial charge >= 0.3 is 0 Å². The Morgan fingerprint density at radius 3 is 1.36 bits per heavy atom. The normalized spacial score (nSPS) is 11.7. The largest absolute Gasteiger partial charge is 0.309 e. The van der Waals surface area contributed by atoms with Crippen LogP contribution in [0.1, 0.15) is 11.1 Å². The Labute approximate surface area is 303 Å². The highest BCUT2D eigenvalue weighted by Crippen LogP contribution is 2.42. The van der Waals surface area contributed by atoms with Gasteiger partial charge in [0.2, 0.25) is 0 Å². The Hall–Kier alpha value is -7.60. The number of aromatic nitrogens is 3. The van der Waals surface area contributed by atoms with Gasteiger partial charge in [-0.3, -0.25) is 0 Å². The van der Waals surface area contributed by atoms with Crippen molar-refractivity contribution in [3.63, 3.8) is 0 Å². The fraction of sp³-hybridized carbons (Fsp3) is 0. The molecule has 11 aromatic rings. The van der Waals surface area contributed by atoms with Crippen molar-refractivity contribution in [3.05, 3.63) is 175 Å². The molecule has 0 aliphatic heterocycles. The van der Waals surface area contributed by atoms with E-state index in [1.807, 2.05) is 36.4 Å². The SMILES string of the molecule is N#Cc1cc(-n2c3ccccc3c3ccccc32)c(C#N)c(-n2c3ccc(-n4c5ccccc5c5ccccc54)cc3c3c4ccccc4ccc32)c1. The number of para-hydroxylation sites is 4. The topological polar surface area (TPSA) is 62.4 Å². The Morgan fingerprint density at radius 1 is 0.358 bits per heavy atom. The monoisotopic (exact) mass is 673 g/mol. The van der Waals surface area contributed by atoms with Gasteiger partial charge in [0.15, 0.2) is 0 Å². The summed E-state index contributed by atoms with van der Waals surface area (Å²) in [6.45, 7) is 0. The quantitative estimate of drug-likeness (QED) is 0.187. The van der Waals surface area contributed by atoms with Crippen molar-refractivity contribution in [2.45, 2.75) is 0 Å². The molecule has 5 heteroatoms. The highest BCUT2D eigenvalue weighted by atomic mass is 15.0. The zero-order valence-electron chi connectivity index (χ0n) is 28.3. The van der Waals surface area contributed by atoms with Gasteiger partial charge in [0, 0.05) is 38.0 Å². The molecule has 0 fully saturated rings. The van der Waals surface area contributed by atoms with Gasteiger partial charge < -0.3 is 13.7 Å². The Morgan fingerprint density at radius 2 is 0.811 bits per heavy atom. The number of benzene rings is 8. The lowest BCUT2D eigenvalue weighted by atomic mass is 10.0. The molecule has 244 valence electrons. The summed E-state index contributed by atoms with van der Waals surface area (Å²) in [6, 6.07) is 61.8. The van der Waals surface area contributed by atoms with E-state index in [1.165, 1.54) is 10.8 Å². The van der Waals surface area contributed by atoms with E-state index in [4.69, 9.17) is 0 Å². The van der Waals surface area contributed by atoms with Gasteiger partial charge in [0.05, 0.1) is 56.1 Å². The summed E-state index contributed by atoms with van der Waals surface area (Å²) < 4.78 is 6.66. The molecular formula is C48H27N5. The van der Waals surface area contributed by atoms with Gasteiger partial charge in [-0.25, -0.2) is 0 Å². The van der Waals surface area contributed by atoms with E-state index >= 15 is 0 Å². The number of hydrogen-bond donors (Lipinski definition) is 0. The van der Waals surface area contributed by atoms with E-state index in [0.29, 0.717) is 22.5 Å². The van der Waals surface area contributed by atoms with Crippen LogP contribution in [0.5, 0.6) is 0 Å². The van der Waals surface area contributed by atoms with Crippen LogP contribution < -0.4 is 0 Å². The molecule has 0 aliphatic carbocycles. The number of rotatable bonds is 3. The molecule has 0 spiro atoms. The molecule has 0 saturated carbocycles. The van der Waals surface area contributed by atoms with Crippen LogP contribution >= 0.6 is 0 Å². The molecule has 53 heavy (non-hydrogen) atoms. The molecule has 8 aromatic carbocycles. The third kappa shape index (κ3) is 3.99. The lowest BCUT2D eigenvalue weighted by Gasteiger charge is -2.17. The van der Waals surface area contributed by atoms with Gasteiger partial charge in [-0.15, -0.1) is 0 Å². The first-order valence-electron chi connectivity index (χ1n) is 17.6. The number of nitriles is 2. The van der Waals surface area contributed by atoms with Crippen molar-refractivity contribution in [1.29, 1.82) is 10.5 Å². The van der Waals surface area contributed by atoms with Crippen LogP contribution in [0.25, 0.3) is 93.3 Å². The molecule has 11 rings (SSSR count). The first-order chi connectivity index (χ1) is 26.2. The summed E-state index contributed by atoms with van der Waals surface area (Å²) in [5.41, 5.74) is 9.56. The summed E-state index contributed by atoms with van der Waals surface area (Å²) in [4.78, 5) is 0. The second-order valence-electron chi connectivity index (χ2n) is 13.6. The van der Waals surface area contributed by atoms with Crippen LogP contribution in [0.15, 0.2) is 164 Å². The zero-order chi connectivity index (χ0) is 35.2. The third-order valence-corrected chi connectivity index (χ3v) is 10.9. The molecule has 0 radical (unpaired) electrons. The summed E-state index contributed by atoms with van der Waals surface area (Å²) in [7, 11) is 0. The molecule has 0 amide bonds. The second kappa shape index (κ2) is 10.9. The lowest BCUT2D eigenvalue weighted by molar-refractivity contribution is 1.11. The number of hydrogen-bond acceptors (Lipinski definition) is 2. The summed E-state index contributed by atoms with van der Waals surface area (Å²) in [5.74, 6) is 0. The van der Waals surface area contributed by atoms with Crippen molar-refractivity contribution < 1.29 is 0 Å². The van der Waals surface area contributed by atoms with E-state index in [0.717, 1.165) is 71.1 Å². The molecule has 0 unspecified atom stereocenters. The third-order valence-electron chi connectivity index (χ3n) is 10.9. The maximum atomic E-state index is 11.1. The molecule has 3 aromatic heterocycles. The van der Waals surface area contributed by atoms with Crippen molar-refractivity contribution in [2.75, 3.05) is 0 Å². The van der Waals surface area contributed by atoms with Gasteiger partial charge in [0.25, 0.3) is 0 Å². The first kappa shape index (κ1) is 29.2. The average molecular weight is 674 g/mol. The summed E-state index contributed by atoms with van der Waals surface area (Å²) in [5, 5.41) is 30.7. The van der Waals surface area contributed by atoms with Gasteiger partial charge in [-0.05, 0) is 71.4 Å². The smallest absolute Gasteiger partial charge is 0.104 e. The van der Waals surface area contributed by atoms with E-state index in [9.17, 15) is 10.5 Å². The van der Waals surface area contributed by atoms with Gasteiger partial charge in [-0.2, -0.15) is 10.5 Å². The molecule has 3 heterocycles. The van der Waals surface area contributed by atoms with Crippen molar-refractivity contribution in [3.8, 4) is 29.2 Å². The van der Waals surface area contributed by atoms with Crippen molar-refractivity contribution >= 4 is 76.2 Å². The summed E-state index contributed by atoms with van der Waals surface area (Å²) >= 11 is 0. The molecule has 0 atom stereocenters. The van der Waals surface area contributed by atoms with E-state index in [-0.39, 0.29) is 0 Å². The lowest BCUT2D eigenvalue weighted by Crippen LogP contribution is -2.05. The molecule has 0 N–H and O–H groups in total. The van der Waals surface area contributed by atoms with E-state index in [1.54, 1.807) is 0 Å². The Balaban J connectivity index is 1.27. The first-order valence-corrected chi connectivity index (χ1v) is 17.6. The summed E-state index contributed by atoms with van der Waals surface area (Å²) in [6.07, 6.45) is 0. The predicted molar refractivity (Wildman–Crippen MR) is 216 cm³/mol. The highest BCUT2D eigenvalue weighted by Gasteiger charge is 2.23. The minimum absolute atomic E-state index is 0.480. The molecule has 0 aliphatic rings. The van der Waals surface area contributed by atoms with Crippen LogP contribution in [0.3, 0.4) is 0 Å². The minimum atomic E-state index is 0.480.